The molecule has 0 aliphatic heterocycles. The molecule has 0 saturated heterocycles. The maximum absolute atomic E-state index is 7.20. The highest BCUT2D eigenvalue weighted by molar-refractivity contribution is 6.33. The topological polar surface area (TPSA) is 27.1 Å². The summed E-state index contributed by atoms with van der Waals surface area (Å²) in [4.78, 5) is 1.58. The molecule has 0 radical (unpaired) electrons. The van der Waals surface area contributed by atoms with Gasteiger partial charge < -0.3 is 4.90 Å². The lowest BCUT2D eigenvalue weighted by atomic mass is 10.0. The van der Waals surface area contributed by atoms with Crippen LogP contribution in [0.1, 0.15) is 59.9 Å². The minimum atomic E-state index is 0.453. The second-order valence-corrected chi connectivity index (χ2v) is 5.72. The molecular formula is C18H31ClN2. The first kappa shape index (κ1) is 22.0. The highest BCUT2D eigenvalue weighted by atomic mass is 35.5. The Balaban J connectivity index is 0. The molecular weight excluding hydrogens is 280 g/mol. The van der Waals surface area contributed by atoms with E-state index in [1.807, 2.05) is 32.0 Å². The first-order valence-corrected chi connectivity index (χ1v) is 7.92. The van der Waals surface area contributed by atoms with Crippen molar-refractivity contribution in [3.05, 3.63) is 41.6 Å². The van der Waals surface area contributed by atoms with Crippen molar-refractivity contribution >= 4 is 23.6 Å². The highest BCUT2D eigenvalue weighted by Crippen LogP contribution is 2.28. The molecule has 1 aromatic rings. The van der Waals surface area contributed by atoms with Crippen LogP contribution in [0.3, 0.4) is 0 Å². The fourth-order valence-electron chi connectivity index (χ4n) is 1.31. The van der Waals surface area contributed by atoms with Gasteiger partial charge in [-0.3, -0.25) is 5.41 Å². The van der Waals surface area contributed by atoms with E-state index < -0.39 is 0 Å². The summed E-state index contributed by atoms with van der Waals surface area (Å²) >= 11 is 6.13. The summed E-state index contributed by atoms with van der Waals surface area (Å²) in [6.45, 7) is 18.4. The zero-order valence-electron chi connectivity index (χ0n) is 14.6. The van der Waals surface area contributed by atoms with Crippen molar-refractivity contribution in [2.24, 2.45) is 5.92 Å². The summed E-state index contributed by atoms with van der Waals surface area (Å²) in [6.07, 6.45) is 2.74. The van der Waals surface area contributed by atoms with Crippen LogP contribution in [0.2, 0.25) is 5.02 Å². The van der Waals surface area contributed by atoms with Gasteiger partial charge in [-0.15, -0.1) is 0 Å². The van der Waals surface area contributed by atoms with Gasteiger partial charge in [-0.25, -0.2) is 0 Å². The van der Waals surface area contributed by atoms with E-state index >= 15 is 0 Å². The number of halogens is 1. The Morgan fingerprint density at radius 1 is 1.14 bits per heavy atom. The van der Waals surface area contributed by atoms with Gasteiger partial charge in [0.15, 0.2) is 0 Å². The number of rotatable bonds is 4. The van der Waals surface area contributed by atoms with Gasteiger partial charge in [0.1, 0.15) is 0 Å². The summed E-state index contributed by atoms with van der Waals surface area (Å²) in [7, 11) is 0. The Morgan fingerprint density at radius 2 is 1.62 bits per heavy atom. The molecule has 0 heterocycles. The maximum Gasteiger partial charge on any atom is 0.0903 e. The zero-order chi connectivity index (χ0) is 17.0. The third-order valence-electron chi connectivity index (χ3n) is 2.25. The van der Waals surface area contributed by atoms with Crippen molar-refractivity contribution in [3.8, 4) is 0 Å². The van der Waals surface area contributed by atoms with E-state index in [9.17, 15) is 0 Å². The lowest BCUT2D eigenvalue weighted by Crippen LogP contribution is -2.12. The van der Waals surface area contributed by atoms with Gasteiger partial charge in [-0.1, -0.05) is 72.7 Å². The van der Waals surface area contributed by atoms with Crippen molar-refractivity contribution in [3.63, 3.8) is 0 Å². The molecule has 120 valence electrons. The SMILES string of the molecule is C=CN(C=N)c1ccc(C(C)C)cc1Cl.CC.CC(C)C. The van der Waals surface area contributed by atoms with E-state index in [0.717, 1.165) is 11.6 Å². The first-order chi connectivity index (χ1) is 9.83. The number of benzene rings is 1. The lowest BCUT2D eigenvalue weighted by molar-refractivity contribution is 0.737. The number of anilines is 1. The molecule has 0 bridgehead atoms. The smallest absolute Gasteiger partial charge is 0.0903 e. The van der Waals surface area contributed by atoms with Gasteiger partial charge in [-0.05, 0) is 29.5 Å². The van der Waals surface area contributed by atoms with Gasteiger partial charge >= 0.3 is 0 Å². The molecule has 0 spiro atoms. The summed E-state index contributed by atoms with van der Waals surface area (Å²) < 4.78 is 0. The van der Waals surface area contributed by atoms with Crippen LogP contribution in [-0.4, -0.2) is 6.34 Å². The molecule has 0 aromatic heterocycles. The molecule has 3 heteroatoms. The average molecular weight is 311 g/mol. The van der Waals surface area contributed by atoms with Crippen LogP contribution in [0, 0.1) is 11.3 Å². The van der Waals surface area contributed by atoms with E-state index in [4.69, 9.17) is 17.0 Å². The van der Waals surface area contributed by atoms with E-state index in [0.29, 0.717) is 10.9 Å². The Bertz CT molecular complexity index is 401. The molecule has 0 aliphatic rings. The molecule has 2 nitrogen and oxygen atoms in total. The third kappa shape index (κ3) is 9.30. The number of nitrogens with zero attached hydrogens (tertiary/aromatic N) is 1. The van der Waals surface area contributed by atoms with Crippen LogP contribution in [0.15, 0.2) is 31.0 Å². The van der Waals surface area contributed by atoms with Gasteiger partial charge in [0, 0.05) is 6.20 Å². The second-order valence-electron chi connectivity index (χ2n) is 5.32. The monoisotopic (exact) mass is 310 g/mol. The first-order valence-electron chi connectivity index (χ1n) is 7.54. The largest absolute Gasteiger partial charge is 0.307 e. The minimum absolute atomic E-state index is 0.453. The molecule has 0 fully saturated rings. The fourth-order valence-corrected chi connectivity index (χ4v) is 1.60. The van der Waals surface area contributed by atoms with E-state index in [1.54, 1.807) is 11.1 Å². The van der Waals surface area contributed by atoms with Gasteiger partial charge in [0.05, 0.1) is 17.0 Å². The van der Waals surface area contributed by atoms with Crippen LogP contribution in [-0.2, 0) is 0 Å². The zero-order valence-corrected chi connectivity index (χ0v) is 15.3. The summed E-state index contributed by atoms with van der Waals surface area (Å²) in [6, 6.07) is 5.86. The Kier molecular flexibility index (Phi) is 13.1. The van der Waals surface area contributed by atoms with Crippen molar-refractivity contribution in [1.29, 1.82) is 5.41 Å². The molecule has 21 heavy (non-hydrogen) atoms. The normalized spacial score (nSPS) is 9.24. The van der Waals surface area contributed by atoms with Crippen LogP contribution in [0.25, 0.3) is 0 Å². The molecule has 0 aliphatic carbocycles. The van der Waals surface area contributed by atoms with Gasteiger partial charge in [-0.2, -0.15) is 0 Å². The number of nitrogens with one attached hydrogen (secondary N) is 1. The van der Waals surface area contributed by atoms with Crippen molar-refractivity contribution in [1.82, 2.24) is 0 Å². The number of hydrogen-bond acceptors (Lipinski definition) is 1. The molecule has 0 atom stereocenters. The standard InChI is InChI=1S/C12H15ClN2.C4H10.C2H6/c1-4-15(8-14)12-6-5-10(9(2)3)7-11(12)13;1-4(2)3;1-2/h4-9,14H,1H2,2-3H3;4H,1-3H3;1-2H3. The average Bonchev–Trinajstić information content (AvgIpc) is 2.43. The van der Waals surface area contributed by atoms with Crippen LogP contribution in [0.5, 0.6) is 0 Å². The minimum Gasteiger partial charge on any atom is -0.307 e. The molecule has 1 rings (SSSR count). The van der Waals surface area contributed by atoms with Crippen molar-refractivity contribution < 1.29 is 0 Å². The van der Waals surface area contributed by atoms with E-state index in [2.05, 4.69) is 41.2 Å². The van der Waals surface area contributed by atoms with Crippen LogP contribution in [0.4, 0.5) is 5.69 Å². The third-order valence-corrected chi connectivity index (χ3v) is 2.56. The van der Waals surface area contributed by atoms with Crippen molar-refractivity contribution in [2.45, 2.75) is 54.4 Å². The molecule has 0 amide bonds. The quantitative estimate of drug-likeness (QED) is 0.485. The Morgan fingerprint density at radius 3 is 1.90 bits per heavy atom. The van der Waals surface area contributed by atoms with Gasteiger partial charge in [0.2, 0.25) is 0 Å². The van der Waals surface area contributed by atoms with E-state index in [1.165, 1.54) is 11.9 Å². The van der Waals surface area contributed by atoms with Crippen LogP contribution >= 0.6 is 11.6 Å². The molecule has 1 aromatic carbocycles. The molecule has 0 unspecified atom stereocenters. The maximum atomic E-state index is 7.20. The lowest BCUT2D eigenvalue weighted by Gasteiger charge is -2.16. The summed E-state index contributed by atoms with van der Waals surface area (Å²) in [5, 5.41) is 7.85. The van der Waals surface area contributed by atoms with E-state index in [-0.39, 0.29) is 0 Å². The molecule has 1 N–H and O–H groups in total. The summed E-state index contributed by atoms with van der Waals surface area (Å²) in [5.41, 5.74) is 1.98. The van der Waals surface area contributed by atoms with Crippen molar-refractivity contribution in [2.75, 3.05) is 4.90 Å². The highest BCUT2D eigenvalue weighted by Gasteiger charge is 2.07. The second kappa shape index (κ2) is 12.5. The Hall–Kier alpha value is -1.28. The number of hydrogen-bond donors (Lipinski definition) is 1. The molecule has 0 saturated carbocycles. The predicted octanol–water partition coefficient (Wildman–Crippen LogP) is 6.71. The fraction of sp³-hybridized carbons (Fsp3) is 0.500. The van der Waals surface area contributed by atoms with Gasteiger partial charge in [0.25, 0.3) is 0 Å². The van der Waals surface area contributed by atoms with Crippen LogP contribution < -0.4 is 4.90 Å². The predicted molar refractivity (Wildman–Crippen MR) is 98.9 cm³/mol. The Labute approximate surface area is 136 Å². The summed E-state index contributed by atoms with van der Waals surface area (Å²) in [5.74, 6) is 1.29.